The molecule has 34 heavy (non-hydrogen) atoms. The highest BCUT2D eigenvalue weighted by Crippen LogP contribution is 2.44. The highest BCUT2D eigenvalue weighted by Gasteiger charge is 2.37. The van der Waals surface area contributed by atoms with Crippen molar-refractivity contribution in [3.63, 3.8) is 0 Å². The average molecular weight is 469 g/mol. The lowest BCUT2D eigenvalue weighted by Crippen LogP contribution is -2.58. The minimum absolute atomic E-state index is 0.108. The summed E-state index contributed by atoms with van der Waals surface area (Å²) in [4.78, 5) is 37.3. The van der Waals surface area contributed by atoms with Crippen molar-refractivity contribution in [1.82, 2.24) is 10.6 Å². The van der Waals surface area contributed by atoms with Crippen molar-refractivity contribution in [3.8, 4) is 11.1 Å². The average Bonchev–Trinajstić information content (AvgIpc) is 3.11. The fourth-order valence-corrected chi connectivity index (χ4v) is 4.19. The Morgan fingerprint density at radius 2 is 1.50 bits per heavy atom. The molecule has 1 aliphatic carbocycles. The van der Waals surface area contributed by atoms with Gasteiger partial charge in [-0.05, 0) is 34.6 Å². The third-order valence-corrected chi connectivity index (χ3v) is 6.14. The zero-order valence-electron chi connectivity index (χ0n) is 20.1. The topological polar surface area (TPSA) is 114 Å². The van der Waals surface area contributed by atoms with Crippen molar-refractivity contribution in [2.24, 2.45) is 5.41 Å². The number of hydrogen-bond donors (Lipinski definition) is 3. The minimum atomic E-state index is -1.26. The summed E-state index contributed by atoms with van der Waals surface area (Å²) in [7, 11) is 1.36. The lowest BCUT2D eigenvalue weighted by atomic mass is 9.86. The predicted molar refractivity (Wildman–Crippen MR) is 127 cm³/mol. The van der Waals surface area contributed by atoms with E-state index < -0.39 is 41.6 Å². The van der Waals surface area contributed by atoms with Gasteiger partial charge in [0.05, 0.1) is 6.10 Å². The number of carboxylic acids is 1. The van der Waals surface area contributed by atoms with E-state index in [-0.39, 0.29) is 12.5 Å². The largest absolute Gasteiger partial charge is 0.480 e. The van der Waals surface area contributed by atoms with Crippen LogP contribution in [0.15, 0.2) is 48.5 Å². The van der Waals surface area contributed by atoms with E-state index in [2.05, 4.69) is 10.6 Å². The molecule has 0 fully saturated rings. The second-order valence-corrected chi connectivity index (χ2v) is 9.53. The molecule has 2 aromatic rings. The zero-order chi connectivity index (χ0) is 25.0. The van der Waals surface area contributed by atoms with Crippen LogP contribution in [0.1, 0.15) is 44.7 Å². The van der Waals surface area contributed by atoms with E-state index >= 15 is 0 Å². The Morgan fingerprint density at radius 1 is 0.971 bits per heavy atom. The molecule has 8 nitrogen and oxygen atoms in total. The Morgan fingerprint density at radius 3 is 1.97 bits per heavy atom. The summed E-state index contributed by atoms with van der Waals surface area (Å²) >= 11 is 0. The van der Waals surface area contributed by atoms with E-state index in [1.54, 1.807) is 27.7 Å². The van der Waals surface area contributed by atoms with Gasteiger partial charge in [0.25, 0.3) is 0 Å². The molecular formula is C26H32N2O6. The van der Waals surface area contributed by atoms with E-state index in [9.17, 15) is 19.5 Å². The van der Waals surface area contributed by atoms with E-state index in [0.717, 1.165) is 22.3 Å². The molecular weight excluding hydrogens is 436 g/mol. The van der Waals surface area contributed by atoms with Gasteiger partial charge in [0, 0.05) is 13.0 Å². The van der Waals surface area contributed by atoms with Crippen LogP contribution >= 0.6 is 0 Å². The lowest BCUT2D eigenvalue weighted by Gasteiger charge is -2.32. The van der Waals surface area contributed by atoms with Gasteiger partial charge >= 0.3 is 12.1 Å². The SMILES string of the molecule is COC(C)C(NC(=O)C(NC(=O)OCC1c2ccccc2-c2ccccc21)C(C)(C)C)C(=O)O. The first kappa shape index (κ1) is 25.2. The third-order valence-electron chi connectivity index (χ3n) is 6.14. The Labute approximate surface area is 199 Å². The first-order chi connectivity index (χ1) is 16.0. The smallest absolute Gasteiger partial charge is 0.407 e. The minimum Gasteiger partial charge on any atom is -0.480 e. The van der Waals surface area contributed by atoms with Gasteiger partial charge in [0.2, 0.25) is 5.91 Å². The maximum atomic E-state index is 12.9. The number of benzene rings is 2. The number of ether oxygens (including phenoxy) is 2. The quantitative estimate of drug-likeness (QED) is 0.546. The number of aliphatic carboxylic acids is 1. The highest BCUT2D eigenvalue weighted by atomic mass is 16.5. The molecule has 0 saturated carbocycles. The number of nitrogens with one attached hydrogen (secondary N) is 2. The van der Waals surface area contributed by atoms with Crippen LogP contribution in [-0.4, -0.2) is 55.0 Å². The number of hydrogen-bond acceptors (Lipinski definition) is 5. The molecule has 3 atom stereocenters. The maximum absolute atomic E-state index is 12.9. The van der Waals surface area contributed by atoms with Gasteiger partial charge in [0.1, 0.15) is 12.6 Å². The van der Waals surface area contributed by atoms with Crippen LogP contribution in [0.5, 0.6) is 0 Å². The van der Waals surface area contributed by atoms with Crippen LogP contribution < -0.4 is 10.6 Å². The molecule has 0 saturated heterocycles. The van der Waals surface area contributed by atoms with Gasteiger partial charge < -0.3 is 25.2 Å². The molecule has 2 aromatic carbocycles. The Bertz CT molecular complexity index is 1020. The van der Waals surface area contributed by atoms with Crippen molar-refractivity contribution in [2.75, 3.05) is 13.7 Å². The van der Waals surface area contributed by atoms with Gasteiger partial charge in [-0.3, -0.25) is 4.79 Å². The molecule has 0 radical (unpaired) electrons. The van der Waals surface area contributed by atoms with Gasteiger partial charge in [-0.15, -0.1) is 0 Å². The fraction of sp³-hybridized carbons (Fsp3) is 0.423. The number of carbonyl (C=O) groups excluding carboxylic acids is 2. The molecule has 0 spiro atoms. The third kappa shape index (κ3) is 5.39. The number of amides is 2. The molecule has 3 rings (SSSR count). The van der Waals surface area contributed by atoms with Crippen molar-refractivity contribution in [2.45, 2.75) is 51.8 Å². The summed E-state index contributed by atoms with van der Waals surface area (Å²) in [5, 5.41) is 14.5. The molecule has 0 bridgehead atoms. The van der Waals surface area contributed by atoms with Crippen molar-refractivity contribution < 1.29 is 29.0 Å². The molecule has 3 unspecified atom stereocenters. The van der Waals surface area contributed by atoms with E-state index in [1.165, 1.54) is 7.11 Å². The normalized spacial score (nSPS) is 15.4. The molecule has 0 aromatic heterocycles. The maximum Gasteiger partial charge on any atom is 0.407 e. The van der Waals surface area contributed by atoms with Crippen LogP contribution in [-0.2, 0) is 19.1 Å². The number of carbonyl (C=O) groups is 3. The first-order valence-corrected chi connectivity index (χ1v) is 11.2. The number of alkyl carbamates (subject to hydrolysis) is 1. The summed E-state index contributed by atoms with van der Waals surface area (Å²) in [5.41, 5.74) is 3.70. The summed E-state index contributed by atoms with van der Waals surface area (Å²) in [5.74, 6) is -1.96. The Balaban J connectivity index is 1.70. The molecule has 2 amide bonds. The van der Waals surface area contributed by atoms with E-state index in [0.29, 0.717) is 0 Å². The standard InChI is InChI=1S/C26H32N2O6/c1-15(33-5)21(24(30)31)27-23(29)22(26(2,3)4)28-25(32)34-14-20-18-12-8-6-10-16(18)17-11-7-9-13-19(17)20/h6-13,15,20-22H,14H2,1-5H3,(H,27,29)(H,28,32)(H,30,31). The molecule has 0 heterocycles. The zero-order valence-corrected chi connectivity index (χ0v) is 20.1. The number of carboxylic acid groups (broad SMARTS) is 1. The monoisotopic (exact) mass is 468 g/mol. The van der Waals surface area contributed by atoms with E-state index in [1.807, 2.05) is 48.5 Å². The van der Waals surface area contributed by atoms with Gasteiger partial charge in [-0.25, -0.2) is 9.59 Å². The van der Waals surface area contributed by atoms with Crippen molar-refractivity contribution >= 4 is 18.0 Å². The van der Waals surface area contributed by atoms with Crippen LogP contribution in [0, 0.1) is 5.41 Å². The highest BCUT2D eigenvalue weighted by molar-refractivity contribution is 5.90. The number of fused-ring (bicyclic) bond motifs is 3. The van der Waals surface area contributed by atoms with Crippen LogP contribution in [0.2, 0.25) is 0 Å². The molecule has 3 N–H and O–H groups in total. The van der Waals surface area contributed by atoms with Crippen LogP contribution in [0.4, 0.5) is 4.79 Å². The van der Waals surface area contributed by atoms with Crippen molar-refractivity contribution in [1.29, 1.82) is 0 Å². The second-order valence-electron chi connectivity index (χ2n) is 9.53. The van der Waals surface area contributed by atoms with Crippen LogP contribution in [0.3, 0.4) is 0 Å². The molecule has 1 aliphatic rings. The summed E-state index contributed by atoms with van der Waals surface area (Å²) in [6.07, 6.45) is -1.50. The predicted octanol–water partition coefficient (Wildman–Crippen LogP) is 3.54. The molecule has 8 heteroatoms. The summed E-state index contributed by atoms with van der Waals surface area (Å²) in [6.45, 7) is 6.98. The van der Waals surface area contributed by atoms with Crippen LogP contribution in [0.25, 0.3) is 11.1 Å². The summed E-state index contributed by atoms with van der Waals surface area (Å²) < 4.78 is 10.6. The fourth-order valence-electron chi connectivity index (χ4n) is 4.19. The van der Waals surface area contributed by atoms with Gasteiger partial charge in [-0.2, -0.15) is 0 Å². The number of rotatable bonds is 8. The molecule has 0 aliphatic heterocycles. The molecule has 182 valence electrons. The summed E-state index contributed by atoms with van der Waals surface area (Å²) in [6, 6.07) is 13.7. The Hall–Kier alpha value is -3.39. The second kappa shape index (κ2) is 10.3. The van der Waals surface area contributed by atoms with Gasteiger partial charge in [0.15, 0.2) is 6.04 Å². The van der Waals surface area contributed by atoms with E-state index in [4.69, 9.17) is 9.47 Å². The Kier molecular flexibility index (Phi) is 7.61. The number of methoxy groups -OCH3 is 1. The first-order valence-electron chi connectivity index (χ1n) is 11.2. The lowest BCUT2D eigenvalue weighted by molar-refractivity contribution is -0.146. The van der Waals surface area contributed by atoms with Gasteiger partial charge in [-0.1, -0.05) is 69.3 Å². The van der Waals surface area contributed by atoms with Crippen molar-refractivity contribution in [3.05, 3.63) is 59.7 Å².